The van der Waals surface area contributed by atoms with Gasteiger partial charge in [-0.25, -0.2) is 0 Å². The molecule has 2 aromatic rings. The number of aromatic nitrogens is 2. The summed E-state index contributed by atoms with van der Waals surface area (Å²) in [5.74, 6) is 2.19. The number of rotatable bonds is 3. The summed E-state index contributed by atoms with van der Waals surface area (Å²) in [6.45, 7) is 1.90. The number of methoxy groups -OCH3 is 2. The Labute approximate surface area is 113 Å². The second kappa shape index (κ2) is 5.23. The van der Waals surface area contributed by atoms with Gasteiger partial charge in [0.25, 0.3) is 0 Å². The first-order valence-corrected chi connectivity index (χ1v) is 10.5. The van der Waals surface area contributed by atoms with Crippen molar-refractivity contribution in [1.29, 1.82) is 0 Å². The van der Waals surface area contributed by atoms with Gasteiger partial charge in [-0.2, -0.15) is 0 Å². The molecule has 1 aromatic carbocycles. The zero-order chi connectivity index (χ0) is 12.4. The maximum absolute atomic E-state index is 5.30. The van der Waals surface area contributed by atoms with Crippen LogP contribution in [-0.2, 0) is 0 Å². The predicted molar refractivity (Wildman–Crippen MR) is 69.9 cm³/mol. The van der Waals surface area contributed by atoms with Gasteiger partial charge in [0.05, 0.1) is 0 Å². The van der Waals surface area contributed by atoms with E-state index < -0.39 is 0 Å². The van der Waals surface area contributed by atoms with Gasteiger partial charge in [0.1, 0.15) is 0 Å². The minimum atomic E-state index is 0.262. The molecule has 1 aromatic heterocycles. The van der Waals surface area contributed by atoms with Crippen molar-refractivity contribution in [2.24, 2.45) is 0 Å². The number of fused-ring (bicyclic) bond motifs is 1. The van der Waals surface area contributed by atoms with Crippen LogP contribution in [0.3, 0.4) is 0 Å². The van der Waals surface area contributed by atoms with Gasteiger partial charge in [-0.1, -0.05) is 0 Å². The quantitative estimate of drug-likeness (QED) is 0.727. The van der Waals surface area contributed by atoms with E-state index in [-0.39, 0.29) is 13.1 Å². The van der Waals surface area contributed by atoms with Crippen LogP contribution in [0, 0.1) is 6.92 Å². The van der Waals surface area contributed by atoms with Gasteiger partial charge < -0.3 is 0 Å². The molecule has 0 fully saturated rings. The van der Waals surface area contributed by atoms with Crippen LogP contribution in [0.2, 0.25) is 0 Å². The summed E-state index contributed by atoms with van der Waals surface area (Å²) >= 11 is 2.86. The van der Waals surface area contributed by atoms with Crippen LogP contribution in [-0.4, -0.2) is 51.5 Å². The number of aryl methyl sites for hydroxylation is 1. The molecule has 0 amide bonds. The molecule has 0 spiro atoms. The second-order valence-corrected chi connectivity index (χ2v) is 6.58. The number of benzene rings is 1. The van der Waals surface area contributed by atoms with Crippen LogP contribution >= 0.6 is 0 Å². The summed E-state index contributed by atoms with van der Waals surface area (Å²) in [6.07, 6.45) is 0. The summed E-state index contributed by atoms with van der Waals surface area (Å²) in [5, 5.41) is 1.04. The summed E-state index contributed by atoms with van der Waals surface area (Å²) in [5.41, 5.74) is 0.901. The Hall–Kier alpha value is -0.801. The molecule has 4 nitrogen and oxygen atoms in total. The SMILES string of the molecule is COc1cc2nc(C)nc([Se][SeH])c2cc1OC. The standard InChI is InChI=1S/C11H12N2O2Se2/c1-6-12-8-5-10(15-3)9(14-2)4-7(8)11(13-6)17-16/h4-5,16H,1-3H3. The average Bonchev–Trinajstić information content (AvgIpc) is 2.35. The molecular formula is C11H12N2O2Se2. The molecule has 2 rings (SSSR count). The van der Waals surface area contributed by atoms with E-state index in [1.165, 1.54) is 0 Å². The monoisotopic (exact) mass is 364 g/mol. The Morgan fingerprint density at radius 1 is 1.12 bits per heavy atom. The molecule has 17 heavy (non-hydrogen) atoms. The normalized spacial score (nSPS) is 10.6. The van der Waals surface area contributed by atoms with Crippen molar-refractivity contribution in [3.05, 3.63) is 18.0 Å². The predicted octanol–water partition coefficient (Wildman–Crippen LogP) is 0.101. The van der Waals surface area contributed by atoms with Gasteiger partial charge in [0, 0.05) is 0 Å². The molecule has 0 aliphatic rings. The average molecular weight is 362 g/mol. The minimum absolute atomic E-state index is 0.262. The van der Waals surface area contributed by atoms with E-state index in [4.69, 9.17) is 9.47 Å². The maximum atomic E-state index is 5.30. The molecule has 0 unspecified atom stereocenters. The van der Waals surface area contributed by atoms with Crippen molar-refractivity contribution in [2.45, 2.75) is 6.92 Å². The summed E-state index contributed by atoms with van der Waals surface area (Å²) in [7, 11) is 3.25. The fourth-order valence-corrected chi connectivity index (χ4v) is 4.04. The number of ether oxygens (including phenoxy) is 2. The van der Waals surface area contributed by atoms with E-state index in [2.05, 4.69) is 24.2 Å². The summed E-state index contributed by atoms with van der Waals surface area (Å²) < 4.78 is 11.6. The Kier molecular flexibility index (Phi) is 3.89. The molecule has 1 heterocycles. The molecule has 0 saturated heterocycles. The molecule has 0 radical (unpaired) electrons. The number of nitrogens with zero attached hydrogens (tertiary/aromatic N) is 2. The van der Waals surface area contributed by atoms with Gasteiger partial charge in [-0.3, -0.25) is 0 Å². The Bertz CT molecular complexity index is 561. The third-order valence-electron chi connectivity index (χ3n) is 2.36. The summed E-state index contributed by atoms with van der Waals surface area (Å²) in [4.78, 5) is 8.88. The van der Waals surface area contributed by atoms with E-state index in [1.807, 2.05) is 19.1 Å². The van der Waals surface area contributed by atoms with Gasteiger partial charge in [0.15, 0.2) is 0 Å². The molecule has 90 valence electrons. The van der Waals surface area contributed by atoms with Crippen molar-refractivity contribution in [3.8, 4) is 11.5 Å². The van der Waals surface area contributed by atoms with Gasteiger partial charge >= 0.3 is 113 Å². The molecular weight excluding hydrogens is 350 g/mol. The van der Waals surface area contributed by atoms with Gasteiger partial charge in [0.2, 0.25) is 0 Å². The first-order chi connectivity index (χ1) is 8.19. The molecule has 0 N–H and O–H groups in total. The topological polar surface area (TPSA) is 44.2 Å². The van der Waals surface area contributed by atoms with Crippen LogP contribution in [0.1, 0.15) is 5.82 Å². The first kappa shape index (κ1) is 12.7. The molecule has 0 aliphatic carbocycles. The van der Waals surface area contributed by atoms with Crippen molar-refractivity contribution < 1.29 is 9.47 Å². The third kappa shape index (κ3) is 2.40. The fourth-order valence-electron chi connectivity index (χ4n) is 1.61. The van der Waals surface area contributed by atoms with E-state index in [0.717, 1.165) is 21.3 Å². The first-order valence-electron chi connectivity index (χ1n) is 4.91. The fraction of sp³-hybridized carbons (Fsp3) is 0.273. The van der Waals surface area contributed by atoms with Crippen molar-refractivity contribution in [1.82, 2.24) is 9.97 Å². The van der Waals surface area contributed by atoms with E-state index in [1.54, 1.807) is 14.2 Å². The molecule has 6 heteroatoms. The molecule has 0 saturated carbocycles. The molecule has 0 aliphatic heterocycles. The van der Waals surface area contributed by atoms with E-state index in [0.29, 0.717) is 11.5 Å². The van der Waals surface area contributed by atoms with Crippen LogP contribution in [0.5, 0.6) is 11.5 Å². The van der Waals surface area contributed by atoms with E-state index >= 15 is 0 Å². The Balaban J connectivity index is 2.77. The van der Waals surface area contributed by atoms with Crippen LogP contribution in [0.15, 0.2) is 12.1 Å². The van der Waals surface area contributed by atoms with Crippen LogP contribution in [0.25, 0.3) is 10.9 Å². The van der Waals surface area contributed by atoms with Crippen molar-refractivity contribution in [2.75, 3.05) is 14.2 Å². The zero-order valence-corrected chi connectivity index (χ0v) is 13.3. The third-order valence-corrected chi connectivity index (χ3v) is 5.27. The molecule has 0 atom stereocenters. The van der Waals surface area contributed by atoms with Crippen molar-refractivity contribution >= 4 is 42.8 Å². The molecule has 0 bridgehead atoms. The van der Waals surface area contributed by atoms with Crippen LogP contribution < -0.4 is 14.1 Å². The second-order valence-electron chi connectivity index (χ2n) is 3.39. The number of hydrogen-bond acceptors (Lipinski definition) is 4. The van der Waals surface area contributed by atoms with Crippen molar-refractivity contribution in [3.63, 3.8) is 0 Å². The Morgan fingerprint density at radius 3 is 2.35 bits per heavy atom. The van der Waals surface area contributed by atoms with Gasteiger partial charge in [-0.05, 0) is 0 Å². The zero-order valence-electron chi connectivity index (χ0n) is 9.72. The number of hydrogen-bond donors (Lipinski definition) is 0. The summed E-state index contributed by atoms with van der Waals surface area (Å²) in [6, 6.07) is 3.84. The van der Waals surface area contributed by atoms with E-state index in [9.17, 15) is 0 Å². The van der Waals surface area contributed by atoms with Gasteiger partial charge in [-0.15, -0.1) is 0 Å². The Morgan fingerprint density at radius 2 is 1.76 bits per heavy atom. The van der Waals surface area contributed by atoms with Crippen LogP contribution in [0.4, 0.5) is 0 Å².